The third-order valence-corrected chi connectivity index (χ3v) is 4.95. The second kappa shape index (κ2) is 4.90. The summed E-state index contributed by atoms with van der Waals surface area (Å²) in [7, 11) is 0. The number of nitrogen functional groups attached to an aromatic ring is 1. The summed E-state index contributed by atoms with van der Waals surface area (Å²) < 4.78 is 1.88. The Bertz CT molecular complexity index is 643. The van der Waals surface area contributed by atoms with Crippen LogP contribution in [0.25, 0.3) is 11.4 Å². The van der Waals surface area contributed by atoms with E-state index in [1.165, 1.54) is 6.42 Å². The SMILES string of the molecule is CCC1(n2nnnc2-c2cc(N)cc(Cl)c2Cl)CCC1. The lowest BCUT2D eigenvalue weighted by Gasteiger charge is -2.41. The Morgan fingerprint density at radius 3 is 2.70 bits per heavy atom. The van der Waals surface area contributed by atoms with Gasteiger partial charge in [-0.2, -0.15) is 0 Å². The summed E-state index contributed by atoms with van der Waals surface area (Å²) in [4.78, 5) is 0. The second-order valence-corrected chi connectivity index (χ2v) is 6.00. The molecular formula is C13H15Cl2N5. The van der Waals surface area contributed by atoms with Gasteiger partial charge in [-0.25, -0.2) is 4.68 Å². The molecule has 5 nitrogen and oxygen atoms in total. The molecule has 0 atom stereocenters. The van der Waals surface area contributed by atoms with Crippen LogP contribution in [0.2, 0.25) is 10.0 Å². The van der Waals surface area contributed by atoms with Crippen LogP contribution in [0.4, 0.5) is 5.69 Å². The van der Waals surface area contributed by atoms with E-state index in [-0.39, 0.29) is 5.54 Å². The molecule has 1 aliphatic rings. The molecule has 0 saturated heterocycles. The highest BCUT2D eigenvalue weighted by Crippen LogP contribution is 2.44. The number of aromatic nitrogens is 4. The van der Waals surface area contributed by atoms with Gasteiger partial charge in [-0.3, -0.25) is 0 Å². The third-order valence-electron chi connectivity index (χ3n) is 4.15. The van der Waals surface area contributed by atoms with Crippen molar-refractivity contribution in [3.05, 3.63) is 22.2 Å². The quantitative estimate of drug-likeness (QED) is 0.880. The molecule has 0 bridgehead atoms. The van der Waals surface area contributed by atoms with Crippen LogP contribution in [0.3, 0.4) is 0 Å². The number of anilines is 1. The third kappa shape index (κ3) is 1.96. The molecule has 7 heteroatoms. The highest BCUT2D eigenvalue weighted by atomic mass is 35.5. The molecule has 0 radical (unpaired) electrons. The van der Waals surface area contributed by atoms with E-state index in [1.54, 1.807) is 12.1 Å². The van der Waals surface area contributed by atoms with E-state index in [4.69, 9.17) is 28.9 Å². The van der Waals surface area contributed by atoms with Crippen LogP contribution in [0.15, 0.2) is 12.1 Å². The minimum atomic E-state index is -0.000752. The van der Waals surface area contributed by atoms with Crippen molar-refractivity contribution in [3.63, 3.8) is 0 Å². The highest BCUT2D eigenvalue weighted by molar-refractivity contribution is 6.43. The molecule has 0 amide bonds. The minimum absolute atomic E-state index is 0.000752. The van der Waals surface area contributed by atoms with Crippen LogP contribution in [-0.4, -0.2) is 20.2 Å². The van der Waals surface area contributed by atoms with E-state index >= 15 is 0 Å². The van der Waals surface area contributed by atoms with E-state index < -0.39 is 0 Å². The van der Waals surface area contributed by atoms with Gasteiger partial charge in [-0.15, -0.1) is 5.10 Å². The van der Waals surface area contributed by atoms with Crippen LogP contribution in [0.5, 0.6) is 0 Å². The van der Waals surface area contributed by atoms with Gasteiger partial charge in [-0.1, -0.05) is 30.1 Å². The Labute approximate surface area is 127 Å². The summed E-state index contributed by atoms with van der Waals surface area (Å²) in [5.41, 5.74) is 7.08. The lowest BCUT2D eigenvalue weighted by molar-refractivity contribution is 0.118. The first-order valence-electron chi connectivity index (χ1n) is 6.61. The van der Waals surface area contributed by atoms with Crippen molar-refractivity contribution in [3.8, 4) is 11.4 Å². The Kier molecular flexibility index (Phi) is 3.34. The van der Waals surface area contributed by atoms with Crippen molar-refractivity contribution in [2.45, 2.75) is 38.1 Å². The largest absolute Gasteiger partial charge is 0.399 e. The van der Waals surface area contributed by atoms with Gasteiger partial charge in [0.1, 0.15) is 0 Å². The normalized spacial score (nSPS) is 16.9. The molecule has 1 heterocycles. The standard InChI is InChI=1S/C13H15Cl2N5/c1-2-13(4-3-5-13)20-12(17-18-19-20)9-6-8(16)7-10(14)11(9)15/h6-7H,2-5,16H2,1H3. The van der Waals surface area contributed by atoms with Crippen molar-refractivity contribution in [2.24, 2.45) is 0 Å². The Balaban J connectivity index is 2.15. The molecule has 0 unspecified atom stereocenters. The predicted molar refractivity (Wildman–Crippen MR) is 79.8 cm³/mol. The smallest absolute Gasteiger partial charge is 0.184 e. The molecule has 1 aliphatic carbocycles. The number of nitrogens with zero attached hydrogens (tertiary/aromatic N) is 4. The molecule has 0 aliphatic heterocycles. The lowest BCUT2D eigenvalue weighted by Crippen LogP contribution is -2.41. The first-order valence-corrected chi connectivity index (χ1v) is 7.37. The van der Waals surface area contributed by atoms with Crippen LogP contribution in [0.1, 0.15) is 32.6 Å². The molecule has 3 rings (SSSR count). The average molecular weight is 312 g/mol. The van der Waals surface area contributed by atoms with Crippen LogP contribution >= 0.6 is 23.2 Å². The Hall–Kier alpha value is -1.33. The van der Waals surface area contributed by atoms with E-state index in [9.17, 15) is 0 Å². The van der Waals surface area contributed by atoms with Crippen LogP contribution < -0.4 is 5.73 Å². The first kappa shape index (κ1) is 13.6. The molecule has 1 fully saturated rings. The number of nitrogens with two attached hydrogens (primary N) is 1. The topological polar surface area (TPSA) is 69.6 Å². The molecule has 2 N–H and O–H groups in total. The maximum atomic E-state index is 6.29. The van der Waals surface area contributed by atoms with Crippen LogP contribution in [0, 0.1) is 0 Å². The molecule has 1 aromatic heterocycles. The molecule has 0 spiro atoms. The zero-order chi connectivity index (χ0) is 14.3. The second-order valence-electron chi connectivity index (χ2n) is 5.21. The van der Waals surface area contributed by atoms with Gasteiger partial charge in [0.2, 0.25) is 0 Å². The van der Waals surface area contributed by atoms with E-state index in [1.807, 2.05) is 4.68 Å². The van der Waals surface area contributed by atoms with E-state index in [0.29, 0.717) is 27.1 Å². The summed E-state index contributed by atoms with van der Waals surface area (Å²) in [6.07, 6.45) is 4.33. The van der Waals surface area contributed by atoms with Gasteiger partial charge in [0, 0.05) is 11.3 Å². The van der Waals surface area contributed by atoms with Gasteiger partial charge in [0.05, 0.1) is 15.6 Å². The lowest BCUT2D eigenvalue weighted by atomic mass is 9.75. The van der Waals surface area contributed by atoms with Crippen molar-refractivity contribution in [1.29, 1.82) is 0 Å². The average Bonchev–Trinajstić information content (AvgIpc) is 2.83. The Morgan fingerprint density at radius 1 is 1.35 bits per heavy atom. The van der Waals surface area contributed by atoms with Gasteiger partial charge in [0.15, 0.2) is 5.82 Å². The fourth-order valence-electron chi connectivity index (χ4n) is 2.75. The van der Waals surface area contributed by atoms with E-state index in [0.717, 1.165) is 19.3 Å². The van der Waals surface area contributed by atoms with Crippen molar-refractivity contribution in [2.75, 3.05) is 5.73 Å². The summed E-state index contributed by atoms with van der Waals surface area (Å²) in [6.45, 7) is 2.15. The zero-order valence-corrected chi connectivity index (χ0v) is 12.6. The van der Waals surface area contributed by atoms with E-state index in [2.05, 4.69) is 22.4 Å². The van der Waals surface area contributed by atoms with Crippen LogP contribution in [-0.2, 0) is 5.54 Å². The maximum absolute atomic E-state index is 6.29. The van der Waals surface area contributed by atoms with Gasteiger partial charge < -0.3 is 5.73 Å². The molecule has 106 valence electrons. The molecular weight excluding hydrogens is 297 g/mol. The minimum Gasteiger partial charge on any atom is -0.399 e. The summed E-state index contributed by atoms with van der Waals surface area (Å²) >= 11 is 12.4. The number of halogens is 2. The first-order chi connectivity index (χ1) is 9.57. The summed E-state index contributed by atoms with van der Waals surface area (Å²) in [5, 5.41) is 13.0. The molecule has 2 aromatic rings. The number of rotatable bonds is 3. The maximum Gasteiger partial charge on any atom is 0.184 e. The monoisotopic (exact) mass is 311 g/mol. The van der Waals surface area contributed by atoms with Gasteiger partial charge in [0.25, 0.3) is 0 Å². The zero-order valence-electron chi connectivity index (χ0n) is 11.1. The summed E-state index contributed by atoms with van der Waals surface area (Å²) in [6, 6.07) is 3.39. The highest BCUT2D eigenvalue weighted by Gasteiger charge is 2.40. The van der Waals surface area contributed by atoms with Crippen molar-refractivity contribution >= 4 is 28.9 Å². The number of benzene rings is 1. The number of hydrogen-bond acceptors (Lipinski definition) is 4. The Morgan fingerprint density at radius 2 is 2.10 bits per heavy atom. The number of tetrazole rings is 1. The number of hydrogen-bond donors (Lipinski definition) is 1. The predicted octanol–water partition coefficient (Wildman–Crippen LogP) is 3.52. The van der Waals surface area contributed by atoms with Gasteiger partial charge >= 0.3 is 0 Å². The fraction of sp³-hybridized carbons (Fsp3) is 0.462. The van der Waals surface area contributed by atoms with Gasteiger partial charge in [-0.05, 0) is 48.2 Å². The summed E-state index contributed by atoms with van der Waals surface area (Å²) in [5.74, 6) is 0.630. The molecule has 1 saturated carbocycles. The molecule has 1 aromatic carbocycles. The van der Waals surface area contributed by atoms with Crippen molar-refractivity contribution < 1.29 is 0 Å². The van der Waals surface area contributed by atoms with Crippen molar-refractivity contribution in [1.82, 2.24) is 20.2 Å². The molecule has 20 heavy (non-hydrogen) atoms. The fourth-order valence-corrected chi connectivity index (χ4v) is 3.17.